The Morgan fingerprint density at radius 3 is 0.721 bits per heavy atom. The smallest absolute Gasteiger partial charge is 0.317 e. The van der Waals surface area contributed by atoms with Gasteiger partial charge in [-0.1, -0.05) is 196 Å². The van der Waals surface area contributed by atoms with Crippen molar-refractivity contribution >= 4 is 25.2 Å². The van der Waals surface area contributed by atoms with Crippen molar-refractivity contribution in [3.8, 4) is 0 Å². The topological polar surface area (TPSA) is 18.5 Å². The van der Waals surface area contributed by atoms with Gasteiger partial charge in [-0.15, -0.1) is 0 Å². The van der Waals surface area contributed by atoms with Crippen LogP contribution in [-0.4, -0.2) is 25.2 Å². The van der Waals surface area contributed by atoms with E-state index in [1.807, 2.05) is 0 Å². The molecule has 0 atom stereocenters. The summed E-state index contributed by atoms with van der Waals surface area (Å²) < 4.78 is 15.4. The van der Waals surface area contributed by atoms with Gasteiger partial charge in [0.1, 0.15) is 0 Å². The lowest BCUT2D eigenvalue weighted by Gasteiger charge is -2.44. The average molecular weight is 657 g/mol. The highest BCUT2D eigenvalue weighted by Crippen LogP contribution is 2.36. The number of rotatable bonds is 34. The third-order valence-corrected chi connectivity index (χ3v) is 24.9. The van der Waals surface area contributed by atoms with Crippen molar-refractivity contribution in [2.75, 3.05) is 0 Å². The Morgan fingerprint density at radius 2 is 0.512 bits per heavy atom. The molecule has 0 N–H and O–H groups in total. The summed E-state index contributed by atoms with van der Waals surface area (Å²) in [5.41, 5.74) is 0. The number of hydrogen-bond acceptors (Lipinski definition) is 2. The maximum Gasteiger partial charge on any atom is 0.317 e. The van der Waals surface area contributed by atoms with Crippen molar-refractivity contribution in [1.82, 2.24) is 0 Å². The van der Waals surface area contributed by atoms with Gasteiger partial charge in [0, 0.05) is 0 Å². The summed E-state index contributed by atoms with van der Waals surface area (Å²) in [6, 6.07) is 7.74. The van der Waals surface area contributed by atoms with E-state index >= 15 is 0 Å². The molecule has 0 fully saturated rings. The summed E-state index contributed by atoms with van der Waals surface area (Å²) in [7, 11) is -5.84. The number of hydrogen-bond donors (Lipinski definition) is 0. The second kappa shape index (κ2) is 28.8. The maximum absolute atomic E-state index is 7.68. The Labute approximate surface area is 277 Å². The third-order valence-electron chi connectivity index (χ3n) is 10.2. The molecule has 43 heavy (non-hydrogen) atoms. The predicted octanol–water partition coefficient (Wildman–Crippen LogP) is 15.1. The zero-order chi connectivity index (χ0) is 32.1. The third kappa shape index (κ3) is 23.5. The molecule has 2 nitrogen and oxygen atoms in total. The molecule has 260 valence electrons. The summed E-state index contributed by atoms with van der Waals surface area (Å²) >= 11 is 0. The van der Waals surface area contributed by atoms with Crippen molar-refractivity contribution in [1.29, 1.82) is 0 Å². The van der Waals surface area contributed by atoms with E-state index < -0.39 is 25.2 Å². The second-order valence-electron chi connectivity index (χ2n) is 14.8. The predicted molar refractivity (Wildman–Crippen MR) is 205 cm³/mol. The Morgan fingerprint density at radius 1 is 0.302 bits per heavy atom. The van der Waals surface area contributed by atoms with Crippen molar-refractivity contribution in [2.24, 2.45) is 0 Å². The van der Waals surface area contributed by atoms with Crippen molar-refractivity contribution in [2.45, 2.75) is 245 Å². The summed E-state index contributed by atoms with van der Waals surface area (Å²) in [6.45, 7) is 19.4. The Hall–Kier alpha value is 0.571. The molecule has 0 amide bonds. The van der Waals surface area contributed by atoms with E-state index in [0.29, 0.717) is 0 Å². The highest BCUT2D eigenvalue weighted by molar-refractivity contribution is 6.89. The van der Waals surface area contributed by atoms with Crippen LogP contribution < -0.4 is 0 Å². The zero-order valence-corrected chi connectivity index (χ0v) is 34.5. The van der Waals surface area contributed by atoms with Crippen LogP contribution in [0.1, 0.15) is 196 Å². The summed E-state index contributed by atoms with van der Waals surface area (Å²) in [5.74, 6) is 0. The van der Waals surface area contributed by atoms with Crippen molar-refractivity contribution < 1.29 is 8.23 Å². The zero-order valence-electron chi connectivity index (χ0n) is 31.5. The van der Waals surface area contributed by atoms with Crippen LogP contribution in [-0.2, 0) is 8.23 Å². The molecule has 0 aliphatic rings. The first-order valence-corrected chi connectivity index (χ1v) is 28.1. The molecular formula is C38H84O2Si3. The van der Waals surface area contributed by atoms with Gasteiger partial charge in [-0.05, 0) is 49.4 Å². The molecule has 0 saturated carbocycles. The maximum atomic E-state index is 7.68. The van der Waals surface area contributed by atoms with Gasteiger partial charge in [0.05, 0.1) is 0 Å². The highest BCUT2D eigenvalue weighted by atomic mass is 28.5. The molecule has 5 heteroatoms. The first-order chi connectivity index (χ1) is 20.8. The molecule has 0 aromatic heterocycles. The quantitative estimate of drug-likeness (QED) is 0.0507. The van der Waals surface area contributed by atoms with E-state index in [2.05, 4.69) is 54.6 Å². The molecule has 0 heterocycles. The van der Waals surface area contributed by atoms with E-state index in [1.165, 1.54) is 178 Å². The van der Waals surface area contributed by atoms with Gasteiger partial charge in [-0.25, -0.2) is 0 Å². The molecule has 0 bridgehead atoms. The summed E-state index contributed by atoms with van der Waals surface area (Å²) in [4.78, 5) is 0. The SMILES string of the molecule is CCCCCCCC[Si](C)(CCCCCCCC)O[Si](CC)(CC)O[Si](C)(CCCCCCCC)CCCCCCCC. The lowest BCUT2D eigenvalue weighted by Crippen LogP contribution is -2.57. The molecule has 0 unspecified atom stereocenters. The highest BCUT2D eigenvalue weighted by Gasteiger charge is 2.46. The van der Waals surface area contributed by atoms with E-state index in [1.54, 1.807) is 0 Å². The minimum atomic E-state index is -2.22. The van der Waals surface area contributed by atoms with E-state index in [9.17, 15) is 0 Å². The fourth-order valence-electron chi connectivity index (χ4n) is 7.03. The molecule has 0 aromatic rings. The second-order valence-corrected chi connectivity index (χ2v) is 27.5. The summed E-state index contributed by atoms with van der Waals surface area (Å²) in [5, 5.41) is 0. The van der Waals surface area contributed by atoms with E-state index in [0.717, 1.165) is 12.1 Å². The van der Waals surface area contributed by atoms with Gasteiger partial charge in [-0.3, -0.25) is 0 Å². The average Bonchev–Trinajstić information content (AvgIpc) is 3.00. The molecule has 0 aromatic carbocycles. The van der Waals surface area contributed by atoms with Crippen molar-refractivity contribution in [3.05, 3.63) is 0 Å². The molecule has 0 saturated heterocycles. The minimum absolute atomic E-state index is 1.15. The Balaban J connectivity index is 5.57. The monoisotopic (exact) mass is 657 g/mol. The molecular weight excluding hydrogens is 573 g/mol. The first kappa shape index (κ1) is 43.6. The van der Waals surface area contributed by atoms with Crippen LogP contribution in [0, 0.1) is 0 Å². The van der Waals surface area contributed by atoms with Crippen LogP contribution in [0.4, 0.5) is 0 Å². The molecule has 0 rings (SSSR count). The van der Waals surface area contributed by atoms with Crippen LogP contribution >= 0.6 is 0 Å². The minimum Gasteiger partial charge on any atom is -0.436 e. The molecule has 0 aliphatic carbocycles. The molecule has 0 radical (unpaired) electrons. The number of unbranched alkanes of at least 4 members (excludes halogenated alkanes) is 20. The van der Waals surface area contributed by atoms with Gasteiger partial charge < -0.3 is 8.23 Å². The summed E-state index contributed by atoms with van der Waals surface area (Å²) in [6.07, 6.45) is 33.4. The fourth-order valence-corrected chi connectivity index (χ4v) is 23.7. The van der Waals surface area contributed by atoms with E-state index in [-0.39, 0.29) is 0 Å². The van der Waals surface area contributed by atoms with Crippen LogP contribution in [0.2, 0.25) is 49.4 Å². The van der Waals surface area contributed by atoms with Crippen LogP contribution in [0.15, 0.2) is 0 Å². The van der Waals surface area contributed by atoms with Crippen molar-refractivity contribution in [3.63, 3.8) is 0 Å². The Bertz CT molecular complexity index is 504. The van der Waals surface area contributed by atoms with Gasteiger partial charge in [-0.2, -0.15) is 0 Å². The van der Waals surface area contributed by atoms with Gasteiger partial charge in [0.15, 0.2) is 16.6 Å². The molecule has 0 aliphatic heterocycles. The van der Waals surface area contributed by atoms with Gasteiger partial charge in [0.25, 0.3) is 0 Å². The standard InChI is InChI=1S/C38H84O2Si3/c1-9-15-19-23-27-31-35-41(7,36-32-28-24-20-16-10-2)39-43(13-5,14-6)40-42(8,37-33-29-25-21-17-11-3)38-34-30-26-22-18-12-4/h9-38H2,1-8H3. The molecule has 0 spiro atoms. The van der Waals surface area contributed by atoms with Crippen LogP contribution in [0.25, 0.3) is 0 Å². The van der Waals surface area contributed by atoms with Gasteiger partial charge >= 0.3 is 8.56 Å². The van der Waals surface area contributed by atoms with Crippen LogP contribution in [0.5, 0.6) is 0 Å². The largest absolute Gasteiger partial charge is 0.436 e. The normalized spacial score (nSPS) is 12.8. The Kier molecular flexibility index (Phi) is 29.1. The first-order valence-electron chi connectivity index (χ1n) is 20.2. The lowest BCUT2D eigenvalue weighted by molar-refractivity contribution is 0.359. The van der Waals surface area contributed by atoms with Gasteiger partial charge in [0.2, 0.25) is 0 Å². The van der Waals surface area contributed by atoms with Crippen LogP contribution in [0.3, 0.4) is 0 Å². The van der Waals surface area contributed by atoms with E-state index in [4.69, 9.17) is 8.23 Å². The fraction of sp³-hybridized carbons (Fsp3) is 1.00. The lowest BCUT2D eigenvalue weighted by atomic mass is 10.1.